The van der Waals surface area contributed by atoms with Crippen molar-refractivity contribution in [2.24, 2.45) is 0 Å². The minimum Gasteiger partial charge on any atom is -0.480 e. The van der Waals surface area contributed by atoms with Gasteiger partial charge in [-0.3, -0.25) is 0 Å². The van der Waals surface area contributed by atoms with Crippen molar-refractivity contribution in [1.29, 1.82) is 0 Å². The number of rotatable bonds is 2. The molecule has 7 nitrogen and oxygen atoms in total. The molecule has 20 heavy (non-hydrogen) atoms. The molecular weight excluding hydrogens is 260 g/mol. The molecule has 3 N–H and O–H groups in total. The van der Waals surface area contributed by atoms with Crippen LogP contribution in [0, 0.1) is 0 Å². The van der Waals surface area contributed by atoms with Gasteiger partial charge in [0.2, 0.25) is 0 Å². The fourth-order valence-corrected chi connectivity index (χ4v) is 3.00. The molecule has 7 heteroatoms. The molecule has 1 aromatic heterocycles. The standard InChI is InChI=1S/C13H18N4O3/c18-12(19)11-5-9-10(15-7-14-9)6-17(11)13(20)16-8-3-1-2-4-8/h7-8,11H,1-6H2,(H,14,15)(H,16,20)(H,18,19). The Morgan fingerprint density at radius 2 is 2.15 bits per heavy atom. The van der Waals surface area contributed by atoms with Crippen molar-refractivity contribution in [1.82, 2.24) is 20.2 Å². The van der Waals surface area contributed by atoms with Gasteiger partial charge in [0.15, 0.2) is 0 Å². The average Bonchev–Trinajstić information content (AvgIpc) is 3.06. The van der Waals surface area contributed by atoms with Crippen LogP contribution in [-0.4, -0.2) is 44.1 Å². The third-order valence-corrected chi connectivity index (χ3v) is 4.13. The summed E-state index contributed by atoms with van der Waals surface area (Å²) >= 11 is 0. The Bertz CT molecular complexity index is 521. The quantitative estimate of drug-likeness (QED) is 0.747. The number of nitrogens with one attached hydrogen (secondary N) is 2. The number of urea groups is 1. The highest BCUT2D eigenvalue weighted by atomic mass is 16.4. The number of aliphatic carboxylic acids is 1. The van der Waals surface area contributed by atoms with Crippen molar-refractivity contribution >= 4 is 12.0 Å². The summed E-state index contributed by atoms with van der Waals surface area (Å²) in [5, 5.41) is 12.3. The van der Waals surface area contributed by atoms with Crippen LogP contribution in [0.15, 0.2) is 6.33 Å². The summed E-state index contributed by atoms with van der Waals surface area (Å²) in [6, 6.07) is -0.947. The van der Waals surface area contributed by atoms with E-state index >= 15 is 0 Å². The summed E-state index contributed by atoms with van der Waals surface area (Å²) in [5.41, 5.74) is 1.56. The van der Waals surface area contributed by atoms with E-state index in [-0.39, 0.29) is 25.0 Å². The number of carbonyl (C=O) groups excluding carboxylic acids is 1. The second kappa shape index (κ2) is 5.15. The Hall–Kier alpha value is -2.05. The lowest BCUT2D eigenvalue weighted by molar-refractivity contribution is -0.142. The zero-order valence-corrected chi connectivity index (χ0v) is 11.1. The Morgan fingerprint density at radius 3 is 2.85 bits per heavy atom. The van der Waals surface area contributed by atoms with Gasteiger partial charge in [0.05, 0.1) is 24.3 Å². The number of fused-ring (bicyclic) bond motifs is 1. The number of carbonyl (C=O) groups is 2. The van der Waals surface area contributed by atoms with Gasteiger partial charge in [0.1, 0.15) is 6.04 Å². The van der Waals surface area contributed by atoms with E-state index in [9.17, 15) is 14.7 Å². The van der Waals surface area contributed by atoms with Crippen molar-refractivity contribution in [2.45, 2.75) is 50.7 Å². The molecule has 0 aromatic carbocycles. The maximum Gasteiger partial charge on any atom is 0.326 e. The minimum absolute atomic E-state index is 0.181. The van der Waals surface area contributed by atoms with Crippen molar-refractivity contribution in [3.8, 4) is 0 Å². The number of carboxylic acid groups (broad SMARTS) is 1. The molecule has 2 amide bonds. The van der Waals surface area contributed by atoms with E-state index in [1.165, 1.54) is 4.90 Å². The monoisotopic (exact) mass is 278 g/mol. The Kier molecular flexibility index (Phi) is 3.33. The van der Waals surface area contributed by atoms with Gasteiger partial charge in [-0.2, -0.15) is 0 Å². The van der Waals surface area contributed by atoms with Gasteiger partial charge in [0.25, 0.3) is 0 Å². The molecule has 1 unspecified atom stereocenters. The van der Waals surface area contributed by atoms with Crippen molar-refractivity contribution in [3.05, 3.63) is 17.7 Å². The van der Waals surface area contributed by atoms with Crippen LogP contribution in [0.25, 0.3) is 0 Å². The van der Waals surface area contributed by atoms with Gasteiger partial charge in [-0.25, -0.2) is 14.6 Å². The lowest BCUT2D eigenvalue weighted by Crippen LogP contribution is -2.53. The Morgan fingerprint density at radius 1 is 1.40 bits per heavy atom. The van der Waals surface area contributed by atoms with Gasteiger partial charge in [0, 0.05) is 12.5 Å². The molecule has 108 valence electrons. The number of nitrogens with zero attached hydrogens (tertiary/aromatic N) is 2. The summed E-state index contributed by atoms with van der Waals surface area (Å²) in [6.07, 6.45) is 6.00. The Labute approximate surface area is 116 Å². The highest BCUT2D eigenvalue weighted by molar-refractivity contribution is 5.83. The van der Waals surface area contributed by atoms with E-state index in [2.05, 4.69) is 15.3 Å². The SMILES string of the molecule is O=C(O)C1Cc2nc[nH]c2CN1C(=O)NC1CCCC1. The molecule has 1 saturated carbocycles. The summed E-state index contributed by atoms with van der Waals surface area (Å²) < 4.78 is 0. The molecule has 0 saturated heterocycles. The molecule has 1 aliphatic heterocycles. The first-order valence-corrected chi connectivity index (χ1v) is 6.96. The number of hydrogen-bond acceptors (Lipinski definition) is 3. The molecule has 2 heterocycles. The van der Waals surface area contributed by atoms with Gasteiger partial charge in [-0.05, 0) is 12.8 Å². The van der Waals surface area contributed by atoms with Gasteiger partial charge in [-0.15, -0.1) is 0 Å². The molecule has 1 aromatic rings. The summed E-state index contributed by atoms with van der Waals surface area (Å²) in [5.74, 6) is -0.986. The van der Waals surface area contributed by atoms with Crippen LogP contribution in [0.5, 0.6) is 0 Å². The summed E-state index contributed by atoms with van der Waals surface area (Å²) in [4.78, 5) is 32.2. The molecule has 1 fully saturated rings. The van der Waals surface area contributed by atoms with E-state index in [0.29, 0.717) is 0 Å². The van der Waals surface area contributed by atoms with Crippen LogP contribution in [-0.2, 0) is 17.8 Å². The van der Waals surface area contributed by atoms with Gasteiger partial charge < -0.3 is 20.3 Å². The molecule has 2 aliphatic rings. The largest absolute Gasteiger partial charge is 0.480 e. The predicted molar refractivity (Wildman–Crippen MR) is 70.0 cm³/mol. The normalized spacial score (nSPS) is 22.6. The zero-order chi connectivity index (χ0) is 14.1. The fourth-order valence-electron chi connectivity index (χ4n) is 3.00. The fraction of sp³-hybridized carbons (Fsp3) is 0.615. The maximum absolute atomic E-state index is 12.3. The van der Waals surface area contributed by atoms with Gasteiger partial charge >= 0.3 is 12.0 Å². The number of hydrogen-bond donors (Lipinski definition) is 3. The first-order valence-electron chi connectivity index (χ1n) is 6.96. The lowest BCUT2D eigenvalue weighted by atomic mass is 10.0. The van der Waals surface area contributed by atoms with Crippen LogP contribution in [0.4, 0.5) is 4.79 Å². The molecule has 1 aliphatic carbocycles. The lowest BCUT2D eigenvalue weighted by Gasteiger charge is -2.33. The molecule has 0 bridgehead atoms. The summed E-state index contributed by atoms with van der Waals surface area (Å²) in [7, 11) is 0. The topological polar surface area (TPSA) is 98.3 Å². The second-order valence-electron chi connectivity index (χ2n) is 5.44. The van der Waals surface area contributed by atoms with Crippen molar-refractivity contribution < 1.29 is 14.7 Å². The van der Waals surface area contributed by atoms with E-state index in [1.54, 1.807) is 6.33 Å². The van der Waals surface area contributed by atoms with Crippen LogP contribution in [0.2, 0.25) is 0 Å². The number of amides is 2. The molecular formula is C13H18N4O3. The zero-order valence-electron chi connectivity index (χ0n) is 11.1. The molecule has 3 rings (SSSR count). The highest BCUT2D eigenvalue weighted by Crippen LogP contribution is 2.22. The van der Waals surface area contributed by atoms with E-state index in [4.69, 9.17) is 0 Å². The smallest absolute Gasteiger partial charge is 0.326 e. The van der Waals surface area contributed by atoms with Crippen molar-refractivity contribution in [2.75, 3.05) is 0 Å². The highest BCUT2D eigenvalue weighted by Gasteiger charge is 2.36. The van der Waals surface area contributed by atoms with Crippen molar-refractivity contribution in [3.63, 3.8) is 0 Å². The molecule has 0 radical (unpaired) electrons. The van der Waals surface area contributed by atoms with Crippen LogP contribution < -0.4 is 5.32 Å². The second-order valence-corrected chi connectivity index (χ2v) is 5.44. The van der Waals surface area contributed by atoms with Crippen LogP contribution in [0.3, 0.4) is 0 Å². The molecule has 0 spiro atoms. The number of imidazole rings is 1. The number of carboxylic acids is 1. The van der Waals surface area contributed by atoms with E-state index in [1.807, 2.05) is 0 Å². The third-order valence-electron chi connectivity index (χ3n) is 4.13. The first-order chi connectivity index (χ1) is 9.65. The maximum atomic E-state index is 12.3. The number of aromatic nitrogens is 2. The Balaban J connectivity index is 1.75. The van der Waals surface area contributed by atoms with Gasteiger partial charge in [-0.1, -0.05) is 12.8 Å². The minimum atomic E-state index is -0.986. The molecule has 1 atom stereocenters. The number of H-pyrrole nitrogens is 1. The summed E-state index contributed by atoms with van der Waals surface area (Å²) in [6.45, 7) is 0.269. The third kappa shape index (κ3) is 2.35. The number of aromatic amines is 1. The van der Waals surface area contributed by atoms with Crippen LogP contribution in [0.1, 0.15) is 37.1 Å². The van der Waals surface area contributed by atoms with E-state index < -0.39 is 12.0 Å². The average molecular weight is 278 g/mol. The predicted octanol–water partition coefficient (Wildman–Crippen LogP) is 0.873. The van der Waals surface area contributed by atoms with Crippen LogP contribution >= 0.6 is 0 Å². The van der Waals surface area contributed by atoms with E-state index in [0.717, 1.165) is 37.1 Å². The first kappa shape index (κ1) is 13.0.